The molecule has 1 aromatic carbocycles. The van der Waals surface area contributed by atoms with Crippen LogP contribution in [0.1, 0.15) is 26.2 Å². The molecule has 4 nitrogen and oxygen atoms in total. The molecule has 1 fully saturated rings. The maximum atomic E-state index is 13.3. The Kier molecular flexibility index (Phi) is 3.59. The highest BCUT2D eigenvalue weighted by Gasteiger charge is 2.28. The van der Waals surface area contributed by atoms with Gasteiger partial charge in [-0.1, -0.05) is 13.0 Å². The number of nitrogen functional groups attached to an aromatic ring is 1. The van der Waals surface area contributed by atoms with Crippen molar-refractivity contribution < 1.29 is 12.8 Å². The molecule has 1 saturated carbocycles. The van der Waals surface area contributed by atoms with Crippen LogP contribution in [0.15, 0.2) is 23.1 Å². The Morgan fingerprint density at radius 2 is 2.11 bits per heavy atom. The third-order valence-electron chi connectivity index (χ3n) is 3.32. The van der Waals surface area contributed by atoms with E-state index in [2.05, 4.69) is 11.6 Å². The second-order valence-electron chi connectivity index (χ2n) is 4.89. The van der Waals surface area contributed by atoms with Crippen LogP contribution in [0.25, 0.3) is 0 Å². The summed E-state index contributed by atoms with van der Waals surface area (Å²) >= 11 is 0. The Balaban J connectivity index is 2.23. The topological polar surface area (TPSA) is 72.2 Å². The summed E-state index contributed by atoms with van der Waals surface area (Å²) in [6.07, 6.45) is 2.63. The molecule has 0 amide bonds. The van der Waals surface area contributed by atoms with Crippen LogP contribution in [-0.2, 0) is 10.0 Å². The number of anilines is 1. The van der Waals surface area contributed by atoms with Gasteiger partial charge in [-0.3, -0.25) is 0 Å². The van der Waals surface area contributed by atoms with E-state index in [0.29, 0.717) is 5.92 Å². The van der Waals surface area contributed by atoms with E-state index in [4.69, 9.17) is 5.73 Å². The lowest BCUT2D eigenvalue weighted by molar-refractivity contribution is 0.537. The van der Waals surface area contributed by atoms with Gasteiger partial charge in [0, 0.05) is 6.04 Å². The van der Waals surface area contributed by atoms with Gasteiger partial charge < -0.3 is 5.73 Å². The van der Waals surface area contributed by atoms with Crippen molar-refractivity contribution in [2.24, 2.45) is 5.92 Å². The first-order valence-corrected chi connectivity index (χ1v) is 7.45. The van der Waals surface area contributed by atoms with Crippen molar-refractivity contribution in [1.82, 2.24) is 4.72 Å². The van der Waals surface area contributed by atoms with Crippen LogP contribution < -0.4 is 10.5 Å². The number of halogens is 1. The lowest BCUT2D eigenvalue weighted by Crippen LogP contribution is -2.33. The van der Waals surface area contributed by atoms with Gasteiger partial charge in [-0.05, 0) is 37.3 Å². The molecule has 0 bridgehead atoms. The van der Waals surface area contributed by atoms with E-state index < -0.39 is 15.8 Å². The summed E-state index contributed by atoms with van der Waals surface area (Å²) in [5, 5.41) is 0. The highest BCUT2D eigenvalue weighted by Crippen LogP contribution is 2.27. The summed E-state index contributed by atoms with van der Waals surface area (Å²) in [7, 11) is -3.74. The normalized spacial score (nSPS) is 24.3. The fraction of sp³-hybridized carbons (Fsp3) is 0.500. The van der Waals surface area contributed by atoms with Crippen molar-refractivity contribution in [2.45, 2.75) is 37.1 Å². The molecule has 0 aliphatic heterocycles. The Labute approximate surface area is 106 Å². The largest absolute Gasteiger partial charge is 0.395 e. The predicted molar refractivity (Wildman–Crippen MR) is 67.9 cm³/mol. The van der Waals surface area contributed by atoms with Gasteiger partial charge in [-0.15, -0.1) is 0 Å². The second-order valence-corrected chi connectivity index (χ2v) is 6.57. The number of nitrogens with two attached hydrogens (primary N) is 1. The van der Waals surface area contributed by atoms with E-state index in [9.17, 15) is 12.8 Å². The molecule has 2 atom stereocenters. The molecule has 1 aliphatic carbocycles. The lowest BCUT2D eigenvalue weighted by atomic mass is 10.1. The van der Waals surface area contributed by atoms with Crippen LogP contribution >= 0.6 is 0 Å². The highest BCUT2D eigenvalue weighted by atomic mass is 32.2. The highest BCUT2D eigenvalue weighted by molar-refractivity contribution is 7.89. The van der Waals surface area contributed by atoms with Crippen molar-refractivity contribution in [1.29, 1.82) is 0 Å². The minimum absolute atomic E-state index is 0.0762. The van der Waals surface area contributed by atoms with Gasteiger partial charge in [-0.25, -0.2) is 17.5 Å². The third-order valence-corrected chi connectivity index (χ3v) is 4.90. The Hall–Kier alpha value is -1.14. The zero-order chi connectivity index (χ0) is 13.3. The average molecular weight is 272 g/mol. The number of benzene rings is 1. The molecule has 2 rings (SSSR count). The molecule has 6 heteroatoms. The second kappa shape index (κ2) is 4.85. The zero-order valence-corrected chi connectivity index (χ0v) is 11.0. The standard InChI is InChI=1S/C12H17FN2O2S/c1-8-5-6-9(7-8)15-18(16,17)11-4-2-3-10(13)12(11)14/h2-4,8-9,15H,5-7,14H2,1H3. The van der Waals surface area contributed by atoms with E-state index >= 15 is 0 Å². The zero-order valence-electron chi connectivity index (χ0n) is 10.2. The lowest BCUT2D eigenvalue weighted by Gasteiger charge is -2.14. The Morgan fingerprint density at radius 1 is 1.39 bits per heavy atom. The first kappa shape index (κ1) is 13.3. The summed E-state index contributed by atoms with van der Waals surface area (Å²) in [5.41, 5.74) is 5.15. The SMILES string of the molecule is CC1CCC(NS(=O)(=O)c2cccc(F)c2N)C1. The first-order valence-electron chi connectivity index (χ1n) is 5.96. The maximum absolute atomic E-state index is 13.3. The molecule has 0 spiro atoms. The molecule has 2 unspecified atom stereocenters. The molecule has 100 valence electrons. The Morgan fingerprint density at radius 3 is 2.72 bits per heavy atom. The summed E-state index contributed by atoms with van der Waals surface area (Å²) in [4.78, 5) is -0.179. The van der Waals surface area contributed by atoms with Gasteiger partial charge in [-0.2, -0.15) is 0 Å². The monoisotopic (exact) mass is 272 g/mol. The van der Waals surface area contributed by atoms with Crippen molar-refractivity contribution in [2.75, 3.05) is 5.73 Å². The van der Waals surface area contributed by atoms with Gasteiger partial charge in [0.15, 0.2) is 0 Å². The summed E-state index contributed by atoms with van der Waals surface area (Å²) in [6, 6.07) is 3.73. The molecule has 0 radical (unpaired) electrons. The number of para-hydroxylation sites is 1. The van der Waals surface area contributed by atoms with Gasteiger partial charge in [0.25, 0.3) is 0 Å². The van der Waals surface area contributed by atoms with Crippen molar-refractivity contribution in [3.63, 3.8) is 0 Å². The van der Waals surface area contributed by atoms with Crippen LogP contribution in [0.4, 0.5) is 10.1 Å². The molecule has 0 saturated heterocycles. The van der Waals surface area contributed by atoms with Gasteiger partial charge >= 0.3 is 0 Å². The molecule has 1 aliphatic rings. The molecule has 3 N–H and O–H groups in total. The minimum atomic E-state index is -3.74. The van der Waals surface area contributed by atoms with E-state index in [0.717, 1.165) is 25.3 Å². The molecular weight excluding hydrogens is 255 g/mol. The van der Waals surface area contributed by atoms with Crippen molar-refractivity contribution in [3.05, 3.63) is 24.0 Å². The van der Waals surface area contributed by atoms with Crippen molar-refractivity contribution >= 4 is 15.7 Å². The molecule has 18 heavy (non-hydrogen) atoms. The summed E-state index contributed by atoms with van der Waals surface area (Å²) in [5.74, 6) is -0.194. The van der Waals surface area contributed by atoms with Gasteiger partial charge in [0.1, 0.15) is 10.7 Å². The van der Waals surface area contributed by atoms with Crippen molar-refractivity contribution in [3.8, 4) is 0 Å². The number of hydrogen-bond acceptors (Lipinski definition) is 3. The van der Waals surface area contributed by atoms with E-state index in [-0.39, 0.29) is 16.6 Å². The number of rotatable bonds is 3. The van der Waals surface area contributed by atoms with E-state index in [1.54, 1.807) is 0 Å². The fourth-order valence-electron chi connectivity index (χ4n) is 2.35. The van der Waals surface area contributed by atoms with Gasteiger partial charge in [0.2, 0.25) is 10.0 Å². The van der Waals surface area contributed by atoms with Crippen LogP contribution in [0.2, 0.25) is 0 Å². The Bertz CT molecular complexity index is 545. The smallest absolute Gasteiger partial charge is 0.242 e. The molecular formula is C12H17FN2O2S. The van der Waals surface area contributed by atoms with Crippen LogP contribution in [0.5, 0.6) is 0 Å². The minimum Gasteiger partial charge on any atom is -0.395 e. The maximum Gasteiger partial charge on any atom is 0.242 e. The summed E-state index contributed by atoms with van der Waals surface area (Å²) < 4.78 is 40.1. The van der Waals surface area contributed by atoms with Crippen LogP contribution in [-0.4, -0.2) is 14.5 Å². The first-order chi connectivity index (χ1) is 8.40. The third kappa shape index (κ3) is 2.64. The number of nitrogens with one attached hydrogen (secondary N) is 1. The number of hydrogen-bond donors (Lipinski definition) is 2. The molecule has 0 aromatic heterocycles. The quantitative estimate of drug-likeness (QED) is 0.825. The average Bonchev–Trinajstić information content (AvgIpc) is 2.67. The predicted octanol–water partition coefficient (Wildman–Crippen LogP) is 1.87. The van der Waals surface area contributed by atoms with Gasteiger partial charge in [0.05, 0.1) is 5.69 Å². The summed E-state index contributed by atoms with van der Waals surface area (Å²) in [6.45, 7) is 2.09. The number of sulfonamides is 1. The van der Waals surface area contributed by atoms with E-state index in [1.807, 2.05) is 0 Å². The molecule has 1 aromatic rings. The van der Waals surface area contributed by atoms with E-state index in [1.165, 1.54) is 12.1 Å². The fourth-order valence-corrected chi connectivity index (χ4v) is 3.77. The molecule has 0 heterocycles. The van der Waals surface area contributed by atoms with Crippen LogP contribution in [0.3, 0.4) is 0 Å². The van der Waals surface area contributed by atoms with Crippen LogP contribution in [0, 0.1) is 11.7 Å².